The molecule has 5 nitrogen and oxygen atoms in total. The number of pyridine rings is 1. The molecule has 2 amide bonds. The standard InChI is InChI=1S/C17H18ClN3O2/c1-10-14(7-11-5-6-12(18)8-15(11)20-10)17(23)19-9-13-3-2-4-16(22)21-13/h5-8,13H,2-4,9H2,1H3,(H,19,23)(H,21,22)/t13-/m1/s1. The van der Waals surface area contributed by atoms with Crippen LogP contribution in [0.5, 0.6) is 0 Å². The highest BCUT2D eigenvalue weighted by Gasteiger charge is 2.19. The maximum Gasteiger partial charge on any atom is 0.253 e. The highest BCUT2D eigenvalue weighted by atomic mass is 35.5. The van der Waals surface area contributed by atoms with Crippen molar-refractivity contribution in [1.29, 1.82) is 0 Å². The number of amides is 2. The zero-order valence-corrected chi connectivity index (χ0v) is 13.6. The lowest BCUT2D eigenvalue weighted by Crippen LogP contribution is -2.46. The van der Waals surface area contributed by atoms with Crippen LogP contribution in [0.3, 0.4) is 0 Å². The smallest absolute Gasteiger partial charge is 0.253 e. The Balaban J connectivity index is 1.74. The van der Waals surface area contributed by atoms with Crippen LogP contribution in [0.2, 0.25) is 5.02 Å². The molecule has 0 saturated carbocycles. The quantitative estimate of drug-likeness (QED) is 0.908. The number of halogens is 1. The number of benzene rings is 1. The summed E-state index contributed by atoms with van der Waals surface area (Å²) in [7, 11) is 0. The Hall–Kier alpha value is -2.14. The molecule has 0 unspecified atom stereocenters. The average Bonchev–Trinajstić information content (AvgIpc) is 2.52. The van der Waals surface area contributed by atoms with Crippen molar-refractivity contribution in [2.75, 3.05) is 6.54 Å². The lowest BCUT2D eigenvalue weighted by Gasteiger charge is -2.23. The van der Waals surface area contributed by atoms with Gasteiger partial charge in [0.1, 0.15) is 0 Å². The molecule has 0 aliphatic carbocycles. The third-order valence-corrected chi connectivity index (χ3v) is 4.28. The van der Waals surface area contributed by atoms with Crippen molar-refractivity contribution in [3.8, 4) is 0 Å². The van der Waals surface area contributed by atoms with Crippen molar-refractivity contribution in [1.82, 2.24) is 15.6 Å². The molecule has 3 rings (SSSR count). The van der Waals surface area contributed by atoms with E-state index in [-0.39, 0.29) is 17.9 Å². The van der Waals surface area contributed by atoms with Crippen molar-refractivity contribution in [3.05, 3.63) is 40.5 Å². The summed E-state index contributed by atoms with van der Waals surface area (Å²) in [5.41, 5.74) is 1.97. The van der Waals surface area contributed by atoms with E-state index in [4.69, 9.17) is 11.6 Å². The maximum atomic E-state index is 12.4. The summed E-state index contributed by atoms with van der Waals surface area (Å²) in [4.78, 5) is 28.2. The molecule has 120 valence electrons. The largest absolute Gasteiger partial charge is 0.352 e. The van der Waals surface area contributed by atoms with Crippen molar-refractivity contribution in [2.45, 2.75) is 32.2 Å². The van der Waals surface area contributed by atoms with Gasteiger partial charge in [0.15, 0.2) is 0 Å². The van der Waals surface area contributed by atoms with E-state index >= 15 is 0 Å². The van der Waals surface area contributed by atoms with E-state index in [1.54, 1.807) is 19.1 Å². The molecule has 2 N–H and O–H groups in total. The molecule has 0 radical (unpaired) electrons. The Morgan fingerprint density at radius 2 is 2.26 bits per heavy atom. The highest BCUT2D eigenvalue weighted by Crippen LogP contribution is 2.20. The summed E-state index contributed by atoms with van der Waals surface area (Å²) >= 11 is 5.97. The molecule has 2 heterocycles. The maximum absolute atomic E-state index is 12.4. The SMILES string of the molecule is Cc1nc2cc(Cl)ccc2cc1C(=O)NC[C@H]1CCCC(=O)N1. The van der Waals surface area contributed by atoms with Gasteiger partial charge in [-0.25, -0.2) is 0 Å². The molecule has 23 heavy (non-hydrogen) atoms. The molecule has 6 heteroatoms. The van der Waals surface area contributed by atoms with Crippen molar-refractivity contribution in [2.24, 2.45) is 0 Å². The lowest BCUT2D eigenvalue weighted by atomic mass is 10.0. The fourth-order valence-electron chi connectivity index (χ4n) is 2.81. The molecule has 1 fully saturated rings. The molecule has 1 aliphatic heterocycles. The van der Waals surface area contributed by atoms with Crippen LogP contribution >= 0.6 is 11.6 Å². The van der Waals surface area contributed by atoms with Gasteiger partial charge in [0.2, 0.25) is 5.91 Å². The minimum Gasteiger partial charge on any atom is -0.352 e. The molecule has 1 aromatic heterocycles. The molecule has 1 aromatic carbocycles. The third-order valence-electron chi connectivity index (χ3n) is 4.05. The highest BCUT2D eigenvalue weighted by molar-refractivity contribution is 6.31. The van der Waals surface area contributed by atoms with Gasteiger partial charge in [0.05, 0.1) is 16.8 Å². The van der Waals surface area contributed by atoms with E-state index in [2.05, 4.69) is 15.6 Å². The Bertz CT molecular complexity index is 776. The average molecular weight is 332 g/mol. The molecule has 1 aliphatic rings. The fourth-order valence-corrected chi connectivity index (χ4v) is 2.98. The van der Waals surface area contributed by atoms with E-state index in [9.17, 15) is 9.59 Å². The van der Waals surface area contributed by atoms with Crippen LogP contribution in [0.4, 0.5) is 0 Å². The van der Waals surface area contributed by atoms with Gasteiger partial charge in [-0.05, 0) is 38.0 Å². The number of aryl methyl sites for hydroxylation is 1. The minimum absolute atomic E-state index is 0.00716. The van der Waals surface area contributed by atoms with Gasteiger partial charge >= 0.3 is 0 Å². The normalized spacial score (nSPS) is 17.8. The van der Waals surface area contributed by atoms with Gasteiger partial charge < -0.3 is 10.6 Å². The molecule has 0 bridgehead atoms. The summed E-state index contributed by atoms with van der Waals surface area (Å²) < 4.78 is 0. The first-order valence-corrected chi connectivity index (χ1v) is 8.05. The number of carbonyl (C=O) groups excluding carboxylic acids is 2. The Morgan fingerprint density at radius 1 is 1.43 bits per heavy atom. The van der Waals surface area contributed by atoms with E-state index in [1.165, 1.54) is 0 Å². The molecular formula is C17H18ClN3O2. The Morgan fingerprint density at radius 3 is 3.04 bits per heavy atom. The first kappa shape index (κ1) is 15.7. The number of fused-ring (bicyclic) bond motifs is 1. The first-order valence-electron chi connectivity index (χ1n) is 7.67. The zero-order valence-electron chi connectivity index (χ0n) is 12.9. The minimum atomic E-state index is -0.174. The Kier molecular flexibility index (Phi) is 4.48. The Labute approximate surface area is 139 Å². The molecule has 2 aromatic rings. The second-order valence-electron chi connectivity index (χ2n) is 5.83. The number of hydrogen-bond donors (Lipinski definition) is 2. The van der Waals surface area contributed by atoms with Crippen LogP contribution < -0.4 is 10.6 Å². The van der Waals surface area contributed by atoms with Crippen LogP contribution in [0.1, 0.15) is 35.3 Å². The molecule has 1 atom stereocenters. The predicted octanol–water partition coefficient (Wildman–Crippen LogP) is 2.60. The fraction of sp³-hybridized carbons (Fsp3) is 0.353. The van der Waals surface area contributed by atoms with Crippen molar-refractivity contribution < 1.29 is 9.59 Å². The van der Waals surface area contributed by atoms with E-state index < -0.39 is 0 Å². The van der Waals surface area contributed by atoms with E-state index in [0.717, 1.165) is 23.7 Å². The number of carbonyl (C=O) groups is 2. The second-order valence-corrected chi connectivity index (χ2v) is 6.26. The van der Waals surface area contributed by atoms with Gasteiger partial charge in [-0.15, -0.1) is 0 Å². The number of aromatic nitrogens is 1. The summed E-state index contributed by atoms with van der Waals surface area (Å²) in [5, 5.41) is 7.27. The van der Waals surface area contributed by atoms with Gasteiger partial charge in [0, 0.05) is 29.4 Å². The number of hydrogen-bond acceptors (Lipinski definition) is 3. The van der Waals surface area contributed by atoms with Crippen LogP contribution in [0.15, 0.2) is 24.3 Å². The second kappa shape index (κ2) is 6.54. The lowest BCUT2D eigenvalue weighted by molar-refractivity contribution is -0.123. The number of rotatable bonds is 3. The monoisotopic (exact) mass is 331 g/mol. The van der Waals surface area contributed by atoms with Crippen LogP contribution in [0, 0.1) is 6.92 Å². The van der Waals surface area contributed by atoms with Gasteiger partial charge in [-0.3, -0.25) is 14.6 Å². The first-order chi connectivity index (χ1) is 11.0. The topological polar surface area (TPSA) is 71.1 Å². The van der Waals surface area contributed by atoms with Gasteiger partial charge in [0.25, 0.3) is 5.91 Å². The van der Waals surface area contributed by atoms with Crippen molar-refractivity contribution >= 4 is 34.3 Å². The van der Waals surface area contributed by atoms with E-state index in [1.807, 2.05) is 12.1 Å². The summed E-state index contributed by atoms with van der Waals surface area (Å²) in [5.74, 6) is -0.123. The summed E-state index contributed by atoms with van der Waals surface area (Å²) in [6, 6.07) is 7.24. The number of nitrogens with one attached hydrogen (secondary N) is 2. The van der Waals surface area contributed by atoms with E-state index in [0.29, 0.717) is 29.2 Å². The summed E-state index contributed by atoms with van der Waals surface area (Å²) in [6.45, 7) is 2.24. The number of nitrogens with zero attached hydrogens (tertiary/aromatic N) is 1. The van der Waals surface area contributed by atoms with Crippen LogP contribution in [-0.4, -0.2) is 29.4 Å². The molecular weight excluding hydrogens is 314 g/mol. The van der Waals surface area contributed by atoms with Crippen LogP contribution in [0.25, 0.3) is 10.9 Å². The molecule has 1 saturated heterocycles. The predicted molar refractivity (Wildman–Crippen MR) is 89.6 cm³/mol. The number of piperidine rings is 1. The zero-order chi connectivity index (χ0) is 16.4. The third kappa shape index (κ3) is 3.62. The van der Waals surface area contributed by atoms with Crippen molar-refractivity contribution in [3.63, 3.8) is 0 Å². The van der Waals surface area contributed by atoms with Crippen LogP contribution in [-0.2, 0) is 4.79 Å². The van der Waals surface area contributed by atoms with Gasteiger partial charge in [-0.2, -0.15) is 0 Å². The summed E-state index contributed by atoms with van der Waals surface area (Å²) in [6.07, 6.45) is 2.32. The van der Waals surface area contributed by atoms with Gasteiger partial charge in [-0.1, -0.05) is 17.7 Å². The molecule has 0 spiro atoms.